The minimum Gasteiger partial charge on any atom is -0.396 e. The van der Waals surface area contributed by atoms with E-state index in [0.717, 1.165) is 10.6 Å². The average Bonchev–Trinajstić information content (AvgIpc) is 2.36. The van der Waals surface area contributed by atoms with Gasteiger partial charge >= 0.3 is 0 Å². The van der Waals surface area contributed by atoms with Crippen molar-refractivity contribution in [1.82, 2.24) is 0 Å². The van der Waals surface area contributed by atoms with Crippen molar-refractivity contribution in [3.63, 3.8) is 0 Å². The van der Waals surface area contributed by atoms with Gasteiger partial charge in [-0.25, -0.2) is 8.42 Å². The molecule has 0 amide bonds. The molecule has 0 saturated heterocycles. The lowest BCUT2D eigenvalue weighted by molar-refractivity contribution is 0.250. The summed E-state index contributed by atoms with van der Waals surface area (Å²) in [5.74, 6) is 1.06. The summed E-state index contributed by atoms with van der Waals surface area (Å²) in [4.78, 5) is 1.20. The van der Waals surface area contributed by atoms with Crippen LogP contribution in [0.4, 0.5) is 0 Å². The van der Waals surface area contributed by atoms with Gasteiger partial charge in [-0.2, -0.15) is 0 Å². The Morgan fingerprint density at radius 1 is 1.33 bits per heavy atom. The molecule has 1 unspecified atom stereocenters. The zero-order chi connectivity index (χ0) is 13.6. The van der Waals surface area contributed by atoms with Crippen molar-refractivity contribution >= 4 is 21.6 Å². The van der Waals surface area contributed by atoms with E-state index in [2.05, 4.69) is 0 Å². The van der Waals surface area contributed by atoms with Crippen LogP contribution in [0, 0.1) is 5.92 Å². The van der Waals surface area contributed by atoms with E-state index in [4.69, 9.17) is 5.11 Å². The first-order chi connectivity index (χ1) is 8.51. The molecule has 1 N–H and O–H groups in total. The van der Waals surface area contributed by atoms with Crippen molar-refractivity contribution < 1.29 is 13.5 Å². The van der Waals surface area contributed by atoms with Crippen LogP contribution in [0.5, 0.6) is 0 Å². The first-order valence-electron chi connectivity index (χ1n) is 6.06. The summed E-state index contributed by atoms with van der Waals surface area (Å²) in [5, 5.41) is 8.99. The summed E-state index contributed by atoms with van der Waals surface area (Å²) < 4.78 is 24.2. The fourth-order valence-corrected chi connectivity index (χ4v) is 4.42. The standard InChI is InChI=1S/C13H20O3S2/c1-3-8-18(15,16)13-7-5-4-6-12(13)17-10-11(2)9-14/h4-7,11,14H,3,8-10H2,1-2H3. The molecule has 0 fully saturated rings. The predicted molar refractivity (Wildman–Crippen MR) is 75.8 cm³/mol. The number of benzene rings is 1. The van der Waals surface area contributed by atoms with Crippen molar-refractivity contribution in [2.75, 3.05) is 18.1 Å². The maximum absolute atomic E-state index is 12.1. The van der Waals surface area contributed by atoms with Crippen molar-refractivity contribution in [2.45, 2.75) is 30.1 Å². The Labute approximate surface area is 114 Å². The minimum atomic E-state index is -3.18. The zero-order valence-corrected chi connectivity index (χ0v) is 12.4. The second kappa shape index (κ2) is 7.16. The lowest BCUT2D eigenvalue weighted by Gasteiger charge is -2.11. The van der Waals surface area contributed by atoms with Crippen LogP contribution in [-0.4, -0.2) is 31.6 Å². The highest BCUT2D eigenvalue weighted by atomic mass is 32.2. The molecule has 102 valence electrons. The Hall–Kier alpha value is -0.520. The van der Waals surface area contributed by atoms with Crippen LogP contribution in [0.25, 0.3) is 0 Å². The summed E-state index contributed by atoms with van der Waals surface area (Å²) in [5.41, 5.74) is 0. The average molecular weight is 288 g/mol. The summed E-state index contributed by atoms with van der Waals surface area (Å²) in [6, 6.07) is 7.09. The zero-order valence-electron chi connectivity index (χ0n) is 10.8. The lowest BCUT2D eigenvalue weighted by atomic mass is 10.2. The monoisotopic (exact) mass is 288 g/mol. The highest BCUT2D eigenvalue weighted by Crippen LogP contribution is 2.28. The van der Waals surface area contributed by atoms with Crippen LogP contribution < -0.4 is 0 Å². The summed E-state index contributed by atoms with van der Waals surface area (Å²) >= 11 is 1.49. The quantitative estimate of drug-likeness (QED) is 0.784. The Morgan fingerprint density at radius 2 is 2.00 bits per heavy atom. The highest BCUT2D eigenvalue weighted by Gasteiger charge is 2.17. The molecule has 0 aromatic heterocycles. The van der Waals surface area contributed by atoms with Crippen LogP contribution in [-0.2, 0) is 9.84 Å². The number of rotatable bonds is 7. The molecule has 1 rings (SSSR count). The summed E-state index contributed by atoms with van der Waals surface area (Å²) in [7, 11) is -3.18. The van der Waals surface area contributed by atoms with Crippen molar-refractivity contribution in [2.24, 2.45) is 5.92 Å². The molecule has 0 bridgehead atoms. The smallest absolute Gasteiger partial charge is 0.179 e. The molecular weight excluding hydrogens is 268 g/mol. The van der Waals surface area contributed by atoms with Crippen molar-refractivity contribution in [3.8, 4) is 0 Å². The van der Waals surface area contributed by atoms with Gasteiger partial charge in [0.1, 0.15) is 0 Å². The number of aliphatic hydroxyl groups excluding tert-OH is 1. The summed E-state index contributed by atoms with van der Waals surface area (Å²) in [6.07, 6.45) is 0.619. The van der Waals surface area contributed by atoms with E-state index in [9.17, 15) is 8.42 Å². The van der Waals surface area contributed by atoms with Gasteiger partial charge < -0.3 is 5.11 Å². The first-order valence-corrected chi connectivity index (χ1v) is 8.70. The minimum absolute atomic E-state index is 0.122. The topological polar surface area (TPSA) is 54.4 Å². The van der Waals surface area contributed by atoms with Crippen molar-refractivity contribution in [1.29, 1.82) is 0 Å². The van der Waals surface area contributed by atoms with Gasteiger partial charge in [0, 0.05) is 17.3 Å². The fourth-order valence-electron chi connectivity index (χ4n) is 1.49. The summed E-state index contributed by atoms with van der Waals surface area (Å²) in [6.45, 7) is 3.92. The van der Waals surface area contributed by atoms with Gasteiger partial charge in [0.25, 0.3) is 0 Å². The molecule has 0 aliphatic carbocycles. The van der Waals surface area contributed by atoms with E-state index in [1.54, 1.807) is 12.1 Å². The molecule has 1 atom stereocenters. The Bertz CT molecular complexity index is 469. The van der Waals surface area contributed by atoms with Gasteiger partial charge in [-0.05, 0) is 24.5 Å². The third-order valence-electron chi connectivity index (χ3n) is 2.49. The molecule has 1 aromatic carbocycles. The number of hydrogen-bond acceptors (Lipinski definition) is 4. The number of aliphatic hydroxyl groups is 1. The van der Waals surface area contributed by atoms with Crippen LogP contribution in [0.2, 0.25) is 0 Å². The third-order valence-corrected chi connectivity index (χ3v) is 6.00. The first kappa shape index (κ1) is 15.5. The Kier molecular flexibility index (Phi) is 6.18. The predicted octanol–water partition coefficient (Wildman–Crippen LogP) is 2.59. The van der Waals surface area contributed by atoms with Gasteiger partial charge in [0.2, 0.25) is 0 Å². The molecule has 5 heteroatoms. The van der Waals surface area contributed by atoms with Crippen LogP contribution in [0.3, 0.4) is 0 Å². The van der Waals surface area contributed by atoms with Crippen LogP contribution >= 0.6 is 11.8 Å². The maximum atomic E-state index is 12.1. The fraction of sp³-hybridized carbons (Fsp3) is 0.538. The Balaban J connectivity index is 2.93. The van der Waals surface area contributed by atoms with Gasteiger partial charge in [0.05, 0.1) is 10.6 Å². The SMILES string of the molecule is CCCS(=O)(=O)c1ccccc1SCC(C)CO. The van der Waals surface area contributed by atoms with E-state index < -0.39 is 9.84 Å². The van der Waals surface area contributed by atoms with E-state index in [1.807, 2.05) is 26.0 Å². The van der Waals surface area contributed by atoms with Gasteiger partial charge in [-0.3, -0.25) is 0 Å². The van der Waals surface area contributed by atoms with Gasteiger partial charge in [-0.1, -0.05) is 26.0 Å². The molecule has 0 heterocycles. The van der Waals surface area contributed by atoms with Gasteiger partial charge in [-0.15, -0.1) is 11.8 Å². The molecule has 0 aliphatic heterocycles. The molecule has 0 saturated carbocycles. The largest absolute Gasteiger partial charge is 0.396 e. The maximum Gasteiger partial charge on any atom is 0.179 e. The number of hydrogen-bond donors (Lipinski definition) is 1. The number of sulfone groups is 1. The molecule has 18 heavy (non-hydrogen) atoms. The van der Waals surface area contributed by atoms with E-state index in [1.165, 1.54) is 11.8 Å². The third kappa shape index (κ3) is 4.30. The normalized spacial score (nSPS) is 13.5. The van der Waals surface area contributed by atoms with Crippen molar-refractivity contribution in [3.05, 3.63) is 24.3 Å². The number of thioether (sulfide) groups is 1. The lowest BCUT2D eigenvalue weighted by Crippen LogP contribution is -2.08. The van der Waals surface area contributed by atoms with E-state index >= 15 is 0 Å². The second-order valence-electron chi connectivity index (χ2n) is 4.36. The van der Waals surface area contributed by atoms with Crippen LogP contribution in [0.1, 0.15) is 20.3 Å². The Morgan fingerprint density at radius 3 is 2.61 bits per heavy atom. The second-order valence-corrected chi connectivity index (χ2v) is 7.50. The molecule has 0 radical (unpaired) electrons. The van der Waals surface area contributed by atoms with Gasteiger partial charge in [0.15, 0.2) is 9.84 Å². The molecular formula is C13H20O3S2. The molecule has 0 aliphatic rings. The molecule has 3 nitrogen and oxygen atoms in total. The van der Waals surface area contributed by atoms with Crippen LogP contribution in [0.15, 0.2) is 34.1 Å². The highest BCUT2D eigenvalue weighted by molar-refractivity contribution is 8.00. The van der Waals surface area contributed by atoms with E-state index in [-0.39, 0.29) is 18.3 Å². The molecule has 0 spiro atoms. The molecule has 1 aromatic rings. The van der Waals surface area contributed by atoms with E-state index in [0.29, 0.717) is 11.3 Å².